The summed E-state index contributed by atoms with van der Waals surface area (Å²) in [5.74, 6) is 0.876. The molecule has 1 aromatic carbocycles. The fourth-order valence-electron chi connectivity index (χ4n) is 3.59. The van der Waals surface area contributed by atoms with Gasteiger partial charge in [-0.2, -0.15) is 0 Å². The number of pyridine rings is 1. The number of ether oxygens (including phenoxy) is 2. The van der Waals surface area contributed by atoms with Gasteiger partial charge in [0.05, 0.1) is 31.5 Å². The molecule has 0 unspecified atom stereocenters. The zero-order chi connectivity index (χ0) is 23.1. The predicted molar refractivity (Wildman–Crippen MR) is 125 cm³/mol. The Morgan fingerprint density at radius 3 is 2.69 bits per heavy atom. The van der Waals surface area contributed by atoms with Crippen LogP contribution in [0, 0.1) is 6.92 Å². The molecule has 3 rings (SSSR count). The summed E-state index contributed by atoms with van der Waals surface area (Å²) in [6.45, 7) is 7.38. The summed E-state index contributed by atoms with van der Waals surface area (Å²) in [6, 6.07) is 7.09. The van der Waals surface area contributed by atoms with E-state index >= 15 is 0 Å². The van der Waals surface area contributed by atoms with Crippen LogP contribution in [0.2, 0.25) is 5.02 Å². The lowest BCUT2D eigenvalue weighted by Crippen LogP contribution is -2.36. The summed E-state index contributed by atoms with van der Waals surface area (Å²) in [6.07, 6.45) is 2.45. The fourth-order valence-corrected chi connectivity index (χ4v) is 3.74. The minimum Gasteiger partial charge on any atom is -0.495 e. The van der Waals surface area contributed by atoms with Crippen LogP contribution in [-0.4, -0.2) is 68.2 Å². The van der Waals surface area contributed by atoms with Gasteiger partial charge in [-0.1, -0.05) is 11.6 Å². The van der Waals surface area contributed by atoms with E-state index in [0.29, 0.717) is 28.6 Å². The van der Waals surface area contributed by atoms with Crippen molar-refractivity contribution in [1.82, 2.24) is 9.88 Å². The van der Waals surface area contributed by atoms with Crippen LogP contribution in [0.25, 0.3) is 0 Å². The van der Waals surface area contributed by atoms with E-state index in [0.717, 1.165) is 44.0 Å². The Hall–Kier alpha value is -2.84. The number of hydrogen-bond acceptors (Lipinski definition) is 7. The van der Waals surface area contributed by atoms with Crippen LogP contribution in [0.1, 0.15) is 29.3 Å². The standard InChI is InChI=1S/C23H29ClN4O4/c1-4-32-23(30)17-6-7-21(25-14-17)28-9-5-8-27(10-11-28)15-22(29)26-19-12-16(2)18(24)13-20(19)31-3/h6-7,12-14H,4-5,8-11,15H2,1-3H3,(H,26,29). The molecule has 172 valence electrons. The second-order valence-corrected chi connectivity index (χ2v) is 8.00. The summed E-state index contributed by atoms with van der Waals surface area (Å²) in [7, 11) is 1.55. The second kappa shape index (κ2) is 11.2. The Balaban J connectivity index is 1.56. The van der Waals surface area contributed by atoms with E-state index in [4.69, 9.17) is 21.1 Å². The van der Waals surface area contributed by atoms with Gasteiger partial charge in [-0.3, -0.25) is 9.69 Å². The van der Waals surface area contributed by atoms with E-state index in [1.165, 1.54) is 0 Å². The highest BCUT2D eigenvalue weighted by Gasteiger charge is 2.19. The number of carbonyl (C=O) groups is 2. The lowest BCUT2D eigenvalue weighted by atomic mass is 10.2. The molecule has 0 atom stereocenters. The molecular formula is C23H29ClN4O4. The number of amides is 1. The number of aryl methyl sites for hydroxylation is 1. The van der Waals surface area contributed by atoms with Crippen molar-refractivity contribution < 1.29 is 19.1 Å². The zero-order valence-electron chi connectivity index (χ0n) is 18.7. The van der Waals surface area contributed by atoms with Gasteiger partial charge in [0.2, 0.25) is 5.91 Å². The van der Waals surface area contributed by atoms with Gasteiger partial charge >= 0.3 is 5.97 Å². The number of esters is 1. The van der Waals surface area contributed by atoms with Crippen molar-refractivity contribution in [3.63, 3.8) is 0 Å². The van der Waals surface area contributed by atoms with Gasteiger partial charge in [-0.15, -0.1) is 0 Å². The molecule has 0 bridgehead atoms. The normalized spacial score (nSPS) is 14.6. The quantitative estimate of drug-likeness (QED) is 0.634. The fraction of sp³-hybridized carbons (Fsp3) is 0.435. The van der Waals surface area contributed by atoms with Gasteiger partial charge in [0.25, 0.3) is 0 Å². The maximum absolute atomic E-state index is 12.7. The topological polar surface area (TPSA) is 84.0 Å². The lowest BCUT2D eigenvalue weighted by Gasteiger charge is -2.22. The average Bonchev–Trinajstić information content (AvgIpc) is 3.02. The molecule has 1 aliphatic heterocycles. The number of anilines is 2. The van der Waals surface area contributed by atoms with Gasteiger partial charge in [0.1, 0.15) is 11.6 Å². The monoisotopic (exact) mass is 460 g/mol. The first kappa shape index (κ1) is 23.8. The number of carbonyl (C=O) groups excluding carboxylic acids is 2. The van der Waals surface area contributed by atoms with E-state index < -0.39 is 0 Å². The van der Waals surface area contributed by atoms with Crippen LogP contribution in [0.5, 0.6) is 5.75 Å². The molecule has 0 saturated carbocycles. The first-order chi connectivity index (χ1) is 15.4. The number of methoxy groups -OCH3 is 1. The molecule has 9 heteroatoms. The molecule has 2 heterocycles. The second-order valence-electron chi connectivity index (χ2n) is 7.59. The van der Waals surface area contributed by atoms with E-state index in [9.17, 15) is 9.59 Å². The minimum absolute atomic E-state index is 0.101. The summed E-state index contributed by atoms with van der Waals surface area (Å²) in [5, 5.41) is 3.53. The Bertz CT molecular complexity index is 952. The van der Waals surface area contributed by atoms with Gasteiger partial charge in [-0.25, -0.2) is 9.78 Å². The molecule has 0 aliphatic carbocycles. The number of nitrogens with one attached hydrogen (secondary N) is 1. The molecule has 1 aliphatic rings. The van der Waals surface area contributed by atoms with Crippen molar-refractivity contribution in [3.05, 3.63) is 46.6 Å². The van der Waals surface area contributed by atoms with Crippen LogP contribution >= 0.6 is 11.6 Å². The number of aromatic nitrogens is 1. The first-order valence-electron chi connectivity index (χ1n) is 10.7. The molecule has 32 heavy (non-hydrogen) atoms. The molecule has 2 aromatic rings. The van der Waals surface area contributed by atoms with Crippen LogP contribution < -0.4 is 15.0 Å². The Labute approximate surface area is 193 Å². The predicted octanol–water partition coefficient (Wildman–Crippen LogP) is 3.38. The van der Waals surface area contributed by atoms with Gasteiger partial charge in [0, 0.05) is 43.5 Å². The van der Waals surface area contributed by atoms with Crippen molar-refractivity contribution in [2.75, 3.05) is 56.7 Å². The molecule has 1 aromatic heterocycles. The maximum Gasteiger partial charge on any atom is 0.339 e. The average molecular weight is 461 g/mol. The van der Waals surface area contributed by atoms with Crippen molar-refractivity contribution >= 4 is 35.0 Å². The van der Waals surface area contributed by atoms with Crippen molar-refractivity contribution in [2.24, 2.45) is 0 Å². The summed E-state index contributed by atoms with van der Waals surface area (Å²) < 4.78 is 10.3. The summed E-state index contributed by atoms with van der Waals surface area (Å²) >= 11 is 6.14. The third-order valence-electron chi connectivity index (χ3n) is 5.29. The highest BCUT2D eigenvalue weighted by molar-refractivity contribution is 6.31. The third-order valence-corrected chi connectivity index (χ3v) is 5.70. The van der Waals surface area contributed by atoms with Crippen LogP contribution in [-0.2, 0) is 9.53 Å². The van der Waals surface area contributed by atoms with Crippen molar-refractivity contribution in [1.29, 1.82) is 0 Å². The lowest BCUT2D eigenvalue weighted by molar-refractivity contribution is -0.117. The highest BCUT2D eigenvalue weighted by atomic mass is 35.5. The zero-order valence-corrected chi connectivity index (χ0v) is 19.4. The summed E-state index contributed by atoms with van der Waals surface area (Å²) in [4.78, 5) is 33.2. The number of benzene rings is 1. The number of halogens is 1. The minimum atomic E-state index is -0.368. The molecule has 8 nitrogen and oxygen atoms in total. The molecule has 1 N–H and O–H groups in total. The van der Waals surface area contributed by atoms with Gasteiger partial charge in [-0.05, 0) is 44.0 Å². The van der Waals surface area contributed by atoms with Crippen molar-refractivity contribution in [3.8, 4) is 5.75 Å². The Morgan fingerprint density at radius 1 is 1.19 bits per heavy atom. The van der Waals surface area contributed by atoms with Crippen LogP contribution in [0.15, 0.2) is 30.5 Å². The van der Waals surface area contributed by atoms with E-state index in [2.05, 4.69) is 20.1 Å². The van der Waals surface area contributed by atoms with E-state index in [1.54, 1.807) is 32.4 Å². The molecule has 1 amide bonds. The third kappa shape index (κ3) is 6.11. The van der Waals surface area contributed by atoms with Crippen LogP contribution in [0.4, 0.5) is 11.5 Å². The molecule has 1 fully saturated rings. The maximum atomic E-state index is 12.7. The highest BCUT2D eigenvalue weighted by Crippen LogP contribution is 2.30. The smallest absolute Gasteiger partial charge is 0.339 e. The Kier molecular flexibility index (Phi) is 8.30. The largest absolute Gasteiger partial charge is 0.495 e. The first-order valence-corrected chi connectivity index (χ1v) is 11.0. The number of hydrogen-bond donors (Lipinski definition) is 1. The van der Waals surface area contributed by atoms with Gasteiger partial charge in [0.15, 0.2) is 0 Å². The number of nitrogens with zero attached hydrogens (tertiary/aromatic N) is 3. The van der Waals surface area contributed by atoms with Crippen molar-refractivity contribution in [2.45, 2.75) is 20.3 Å². The Morgan fingerprint density at radius 2 is 2.00 bits per heavy atom. The number of rotatable bonds is 7. The van der Waals surface area contributed by atoms with Crippen LogP contribution in [0.3, 0.4) is 0 Å². The van der Waals surface area contributed by atoms with Gasteiger partial charge < -0.3 is 19.7 Å². The molecule has 0 radical (unpaired) electrons. The van der Waals surface area contributed by atoms with E-state index in [-0.39, 0.29) is 18.4 Å². The molecule has 0 spiro atoms. The molecular weight excluding hydrogens is 432 g/mol. The molecule has 1 saturated heterocycles. The summed E-state index contributed by atoms with van der Waals surface area (Å²) in [5.41, 5.74) is 1.92. The van der Waals surface area contributed by atoms with E-state index in [1.807, 2.05) is 19.1 Å². The SMILES string of the molecule is CCOC(=O)c1ccc(N2CCCN(CC(=O)Nc3cc(C)c(Cl)cc3OC)CC2)nc1.